The molecule has 1 N–H and O–H groups in total. The van der Waals surface area contributed by atoms with E-state index in [1.54, 1.807) is 18.1 Å². The van der Waals surface area contributed by atoms with Crippen molar-refractivity contribution in [3.05, 3.63) is 59.4 Å². The summed E-state index contributed by atoms with van der Waals surface area (Å²) in [4.78, 5) is 30.3. The average molecular weight is 323 g/mol. The number of likely N-dealkylation sites (N-methyl/N-ethyl adjacent to an activating group) is 1. The summed E-state index contributed by atoms with van der Waals surface area (Å²) in [6.07, 6.45) is 1.99. The van der Waals surface area contributed by atoms with Crippen molar-refractivity contribution < 1.29 is 9.59 Å². The lowest BCUT2D eigenvalue weighted by Crippen LogP contribution is -2.33. The van der Waals surface area contributed by atoms with Crippen LogP contribution in [0.3, 0.4) is 0 Å². The highest BCUT2D eigenvalue weighted by molar-refractivity contribution is 6.07. The summed E-state index contributed by atoms with van der Waals surface area (Å²) in [5.74, 6) is 0.0188. The molecule has 5 heteroatoms. The molecule has 1 aromatic heterocycles. The minimum Gasteiger partial charge on any atom is -0.350 e. The highest BCUT2D eigenvalue weighted by Gasteiger charge is 2.42. The number of hydrogen-bond acceptors (Lipinski definition) is 3. The average Bonchev–Trinajstić information content (AvgIpc) is 2.75. The summed E-state index contributed by atoms with van der Waals surface area (Å²) < 4.78 is 0. The molecule has 2 heterocycles. The van der Waals surface area contributed by atoms with Crippen molar-refractivity contribution in [2.75, 3.05) is 11.9 Å². The van der Waals surface area contributed by atoms with E-state index in [-0.39, 0.29) is 18.2 Å². The van der Waals surface area contributed by atoms with Crippen molar-refractivity contribution in [2.45, 2.75) is 32.2 Å². The Morgan fingerprint density at radius 1 is 1.25 bits per heavy atom. The van der Waals surface area contributed by atoms with E-state index in [0.717, 1.165) is 22.5 Å². The Morgan fingerprint density at radius 2 is 2.04 bits per heavy atom. The number of amides is 2. The van der Waals surface area contributed by atoms with E-state index < -0.39 is 5.41 Å². The summed E-state index contributed by atoms with van der Waals surface area (Å²) in [5, 5.41) is 2.87. The molecule has 0 radical (unpaired) electrons. The van der Waals surface area contributed by atoms with Gasteiger partial charge in [0.1, 0.15) is 0 Å². The molecule has 1 aliphatic rings. The van der Waals surface area contributed by atoms with Crippen LogP contribution in [0.2, 0.25) is 0 Å². The molecule has 0 bridgehead atoms. The van der Waals surface area contributed by atoms with Gasteiger partial charge in [-0.3, -0.25) is 14.6 Å². The third-order valence-corrected chi connectivity index (χ3v) is 4.49. The van der Waals surface area contributed by atoms with E-state index >= 15 is 0 Å². The maximum absolute atomic E-state index is 12.3. The molecular formula is C19H21N3O2. The van der Waals surface area contributed by atoms with Crippen LogP contribution in [-0.4, -0.2) is 23.8 Å². The van der Waals surface area contributed by atoms with Crippen LogP contribution in [-0.2, 0) is 28.0 Å². The van der Waals surface area contributed by atoms with E-state index in [4.69, 9.17) is 0 Å². The summed E-state index contributed by atoms with van der Waals surface area (Å²) in [6, 6.07) is 11.4. The molecule has 0 saturated carbocycles. The Balaban J connectivity index is 1.70. The van der Waals surface area contributed by atoms with E-state index in [0.29, 0.717) is 6.54 Å². The van der Waals surface area contributed by atoms with Gasteiger partial charge in [0.2, 0.25) is 11.8 Å². The Hall–Kier alpha value is -2.69. The molecule has 5 nitrogen and oxygen atoms in total. The molecule has 0 saturated heterocycles. The molecule has 0 unspecified atom stereocenters. The van der Waals surface area contributed by atoms with Crippen LogP contribution in [0, 0.1) is 0 Å². The topological polar surface area (TPSA) is 62.3 Å². The van der Waals surface area contributed by atoms with Crippen LogP contribution < -0.4 is 10.2 Å². The molecule has 1 aliphatic heterocycles. The van der Waals surface area contributed by atoms with Crippen molar-refractivity contribution in [3.8, 4) is 0 Å². The first-order valence-electron chi connectivity index (χ1n) is 7.98. The Labute approximate surface area is 141 Å². The third-order valence-electron chi connectivity index (χ3n) is 4.49. The van der Waals surface area contributed by atoms with E-state index in [9.17, 15) is 9.59 Å². The lowest BCUT2D eigenvalue weighted by atomic mass is 9.85. The molecule has 1 aromatic carbocycles. The number of aromatic nitrogens is 1. The van der Waals surface area contributed by atoms with Gasteiger partial charge in [0, 0.05) is 18.9 Å². The first kappa shape index (κ1) is 16.2. The number of pyridine rings is 1. The molecule has 0 aliphatic carbocycles. The molecule has 0 atom stereocenters. The summed E-state index contributed by atoms with van der Waals surface area (Å²) in [7, 11) is 1.79. The Bertz CT molecular complexity index is 784. The van der Waals surface area contributed by atoms with Crippen LogP contribution in [0.5, 0.6) is 0 Å². The van der Waals surface area contributed by atoms with Gasteiger partial charge >= 0.3 is 0 Å². The van der Waals surface area contributed by atoms with Gasteiger partial charge in [-0.1, -0.05) is 18.2 Å². The SMILES string of the molecule is CN1C(=O)C(C)(C)c2cc(CC(=O)NCc3ccccn3)ccc21. The predicted octanol–water partition coefficient (Wildman–Crippen LogP) is 2.19. The molecule has 0 fully saturated rings. The molecule has 24 heavy (non-hydrogen) atoms. The number of fused-ring (bicyclic) bond motifs is 1. The van der Waals surface area contributed by atoms with Gasteiger partial charge in [0.15, 0.2) is 0 Å². The third kappa shape index (κ3) is 2.89. The first-order valence-corrected chi connectivity index (χ1v) is 7.98. The van der Waals surface area contributed by atoms with Gasteiger partial charge < -0.3 is 10.2 Å². The van der Waals surface area contributed by atoms with Gasteiger partial charge in [-0.25, -0.2) is 0 Å². The van der Waals surface area contributed by atoms with Crippen molar-refractivity contribution in [1.29, 1.82) is 0 Å². The van der Waals surface area contributed by atoms with Crippen molar-refractivity contribution >= 4 is 17.5 Å². The fraction of sp³-hybridized carbons (Fsp3) is 0.316. The van der Waals surface area contributed by atoms with E-state index in [1.165, 1.54) is 0 Å². The van der Waals surface area contributed by atoms with Gasteiger partial charge in [-0.2, -0.15) is 0 Å². The first-order chi connectivity index (χ1) is 11.4. The second kappa shape index (κ2) is 6.07. The van der Waals surface area contributed by atoms with Crippen LogP contribution in [0.15, 0.2) is 42.6 Å². The number of nitrogens with zero attached hydrogens (tertiary/aromatic N) is 2. The van der Waals surface area contributed by atoms with E-state index in [2.05, 4.69) is 10.3 Å². The number of rotatable bonds is 4. The normalized spacial score (nSPS) is 15.3. The molecule has 0 spiro atoms. The highest BCUT2D eigenvalue weighted by Crippen LogP contribution is 2.41. The van der Waals surface area contributed by atoms with Crippen molar-refractivity contribution in [3.63, 3.8) is 0 Å². The quantitative estimate of drug-likeness (QED) is 0.938. The van der Waals surface area contributed by atoms with Crippen LogP contribution >= 0.6 is 0 Å². The Morgan fingerprint density at radius 3 is 2.75 bits per heavy atom. The second-order valence-corrected chi connectivity index (χ2v) is 6.62. The number of anilines is 1. The molecular weight excluding hydrogens is 302 g/mol. The van der Waals surface area contributed by atoms with E-state index in [1.807, 2.05) is 50.2 Å². The van der Waals surface area contributed by atoms with Gasteiger partial charge in [0.05, 0.1) is 24.1 Å². The predicted molar refractivity (Wildman–Crippen MR) is 92.7 cm³/mol. The van der Waals surface area contributed by atoms with Gasteiger partial charge in [-0.15, -0.1) is 0 Å². The standard InChI is InChI=1S/C19H21N3O2/c1-19(2)15-10-13(7-8-16(15)22(3)18(19)24)11-17(23)21-12-14-6-4-5-9-20-14/h4-10H,11-12H2,1-3H3,(H,21,23). The Kier molecular flexibility index (Phi) is 4.09. The fourth-order valence-corrected chi connectivity index (χ4v) is 3.07. The number of hydrogen-bond donors (Lipinski definition) is 1. The fourth-order valence-electron chi connectivity index (χ4n) is 3.07. The summed E-state index contributed by atoms with van der Waals surface area (Å²) in [5.41, 5.74) is 3.08. The maximum Gasteiger partial charge on any atom is 0.236 e. The highest BCUT2D eigenvalue weighted by atomic mass is 16.2. The van der Waals surface area contributed by atoms with Crippen LogP contribution in [0.25, 0.3) is 0 Å². The minimum atomic E-state index is -0.551. The molecule has 3 rings (SSSR count). The molecule has 124 valence electrons. The van der Waals surface area contributed by atoms with Crippen LogP contribution in [0.1, 0.15) is 30.7 Å². The van der Waals surface area contributed by atoms with Gasteiger partial charge in [0.25, 0.3) is 0 Å². The lowest BCUT2D eigenvalue weighted by Gasteiger charge is -2.16. The van der Waals surface area contributed by atoms with Crippen molar-refractivity contribution in [2.24, 2.45) is 0 Å². The number of nitrogens with one attached hydrogen (secondary N) is 1. The number of carbonyl (C=O) groups is 2. The number of carbonyl (C=O) groups excluding carboxylic acids is 2. The summed E-state index contributed by atoms with van der Waals surface area (Å²) in [6.45, 7) is 4.25. The second-order valence-electron chi connectivity index (χ2n) is 6.62. The molecule has 2 aromatic rings. The summed E-state index contributed by atoms with van der Waals surface area (Å²) >= 11 is 0. The largest absolute Gasteiger partial charge is 0.350 e. The maximum atomic E-state index is 12.3. The monoisotopic (exact) mass is 323 g/mol. The smallest absolute Gasteiger partial charge is 0.236 e. The van der Waals surface area contributed by atoms with Gasteiger partial charge in [-0.05, 0) is 43.2 Å². The zero-order chi connectivity index (χ0) is 17.3. The zero-order valence-electron chi connectivity index (χ0n) is 14.2. The lowest BCUT2D eigenvalue weighted by molar-refractivity contribution is -0.122. The molecule has 2 amide bonds. The van der Waals surface area contributed by atoms with Crippen molar-refractivity contribution in [1.82, 2.24) is 10.3 Å². The minimum absolute atomic E-state index is 0.0592. The van der Waals surface area contributed by atoms with Crippen LogP contribution in [0.4, 0.5) is 5.69 Å². The number of benzene rings is 1. The zero-order valence-corrected chi connectivity index (χ0v) is 14.2.